The first-order valence-corrected chi connectivity index (χ1v) is 19.6. The standard InChI is InChI=1S/C35H13F47N2O2/c1-8-3-10(5-11(4-8)83-7-85)12(86)84-9(2)6-13(36,37)14(38,39)15(40,41)16(42,43)17(44,45)18(46,47)19(48,49)20(50,51)21(52,53)22(54,55)23(56,57)24(58,59)25(60,61)26(62,63)27(64,65)28(66,67)29(68,69)30(70,71)31(72,73)32(74,75)33(76,77)34(78,79)35(80,81)82/h3-5,9H,6H2,1-2H3,(H,84,86). The average molecular weight is 1390 g/mol. The van der Waals surface area contributed by atoms with Gasteiger partial charge in [0.25, 0.3) is 5.91 Å². The van der Waals surface area contributed by atoms with Crippen LogP contribution in [0.3, 0.4) is 0 Å². The van der Waals surface area contributed by atoms with Gasteiger partial charge in [-0.3, -0.25) is 4.79 Å². The SMILES string of the molecule is Cc1cc(N=C=O)cc(C(=O)NC(C)CC(F)(F)C(F)(F)C(F)(F)C(F)(F)C(F)(F)C(F)(F)C(F)(F)C(F)(F)C(F)(F)C(F)(F)C(F)(F)C(F)(F)C(F)(F)C(F)(F)C(F)(F)C(F)(F)C(F)(F)C(F)(F)C(F)(F)C(F)(F)C(F)(F)C(F)(F)C(F)(F)F)c1. The highest BCUT2D eigenvalue weighted by Crippen LogP contribution is 2.72. The van der Waals surface area contributed by atoms with E-state index in [4.69, 9.17) is 0 Å². The maximum absolute atomic E-state index is 14.6. The van der Waals surface area contributed by atoms with Crippen LogP contribution in [0.15, 0.2) is 23.2 Å². The number of hydrogen-bond donors (Lipinski definition) is 1. The van der Waals surface area contributed by atoms with Crippen molar-refractivity contribution in [3.63, 3.8) is 0 Å². The first kappa shape index (κ1) is 78.8. The van der Waals surface area contributed by atoms with Crippen molar-refractivity contribution in [2.24, 2.45) is 4.99 Å². The Morgan fingerprint density at radius 3 is 0.744 bits per heavy atom. The second-order valence-electron chi connectivity index (χ2n) is 17.1. The highest BCUT2D eigenvalue weighted by Gasteiger charge is 3.04. The van der Waals surface area contributed by atoms with E-state index in [1.54, 1.807) is 0 Å². The maximum Gasteiger partial charge on any atom is 0.460 e. The van der Waals surface area contributed by atoms with Gasteiger partial charge < -0.3 is 5.32 Å². The second-order valence-corrected chi connectivity index (χ2v) is 17.1. The summed E-state index contributed by atoms with van der Waals surface area (Å²) in [7, 11) is 0. The molecule has 0 aliphatic carbocycles. The quantitative estimate of drug-likeness (QED) is 0.0571. The number of rotatable bonds is 26. The van der Waals surface area contributed by atoms with Crippen LogP contribution in [-0.2, 0) is 4.79 Å². The third-order valence-electron chi connectivity index (χ3n) is 11.1. The number of nitrogens with zero attached hydrogens (tertiary/aromatic N) is 1. The average Bonchev–Trinajstić information content (AvgIpc) is 0.795. The Balaban J connectivity index is 4.09. The molecule has 51 heteroatoms. The lowest BCUT2D eigenvalue weighted by Crippen LogP contribution is -2.81. The van der Waals surface area contributed by atoms with E-state index in [0.717, 1.165) is 24.4 Å². The largest absolute Gasteiger partial charge is 0.460 e. The normalized spacial score (nSPS) is 16.7. The number of carbonyl (C=O) groups excluding carboxylic acids is 2. The summed E-state index contributed by atoms with van der Waals surface area (Å²) in [5.41, 5.74) is -1.69. The third kappa shape index (κ3) is 9.78. The minimum atomic E-state index is -10.9. The van der Waals surface area contributed by atoms with Crippen molar-refractivity contribution in [2.75, 3.05) is 0 Å². The van der Waals surface area contributed by atoms with Crippen LogP contribution >= 0.6 is 0 Å². The van der Waals surface area contributed by atoms with Crippen LogP contribution in [0.4, 0.5) is 212 Å². The molecule has 0 radical (unpaired) electrons. The van der Waals surface area contributed by atoms with Gasteiger partial charge in [0.05, 0.1) is 5.69 Å². The van der Waals surface area contributed by atoms with E-state index in [1.807, 2.05) is 0 Å². The predicted molar refractivity (Wildman–Crippen MR) is 175 cm³/mol. The van der Waals surface area contributed by atoms with Crippen LogP contribution in [0.2, 0.25) is 0 Å². The Kier molecular flexibility index (Phi) is 18.9. The van der Waals surface area contributed by atoms with E-state index in [-0.39, 0.29) is 12.5 Å². The molecule has 86 heavy (non-hydrogen) atoms. The van der Waals surface area contributed by atoms with Gasteiger partial charge in [0, 0.05) is 18.0 Å². The van der Waals surface area contributed by atoms with E-state index in [0.29, 0.717) is 12.1 Å². The molecule has 4 nitrogen and oxygen atoms in total. The van der Waals surface area contributed by atoms with Crippen LogP contribution in [-0.4, -0.2) is 155 Å². The summed E-state index contributed by atoms with van der Waals surface area (Å²) in [5, 5.41) is 1.10. The molecule has 1 rings (SSSR count). The van der Waals surface area contributed by atoms with Crippen molar-refractivity contribution >= 4 is 17.7 Å². The minimum absolute atomic E-state index is 0.101. The van der Waals surface area contributed by atoms with Crippen LogP contribution < -0.4 is 5.32 Å². The fourth-order valence-corrected chi connectivity index (χ4v) is 6.04. The Morgan fingerprint density at radius 2 is 0.547 bits per heavy atom. The molecule has 1 aromatic carbocycles. The highest BCUT2D eigenvalue weighted by atomic mass is 19.4. The number of hydrogen-bond acceptors (Lipinski definition) is 3. The molecule has 1 unspecified atom stereocenters. The summed E-state index contributed by atoms with van der Waals surface area (Å²) >= 11 is 0. The molecule has 1 aromatic rings. The van der Waals surface area contributed by atoms with Gasteiger partial charge in [-0.25, -0.2) is 4.79 Å². The number of carbonyl (C=O) groups is 1. The van der Waals surface area contributed by atoms with Crippen LogP contribution in [0.25, 0.3) is 0 Å². The molecule has 0 saturated heterocycles. The summed E-state index contributed by atoms with van der Waals surface area (Å²) in [4.78, 5) is 25.7. The first-order chi connectivity index (χ1) is 36.7. The Labute approximate surface area is 437 Å². The van der Waals surface area contributed by atoms with E-state index < -0.39 is 166 Å². The lowest BCUT2D eigenvalue weighted by atomic mass is 9.81. The molecular formula is C35H13F47N2O2. The number of aryl methyl sites for hydroxylation is 1. The molecule has 1 amide bonds. The lowest BCUT2D eigenvalue weighted by molar-refractivity contribution is -0.498. The van der Waals surface area contributed by atoms with Crippen molar-refractivity contribution in [3.8, 4) is 0 Å². The zero-order chi connectivity index (χ0) is 70.3. The summed E-state index contributed by atoms with van der Waals surface area (Å²) in [6.45, 7) is 0.916. The number of benzene rings is 1. The molecule has 1 N–H and O–H groups in total. The fourth-order valence-electron chi connectivity index (χ4n) is 6.04. The van der Waals surface area contributed by atoms with Gasteiger partial charge in [-0.2, -0.15) is 211 Å². The lowest BCUT2D eigenvalue weighted by Gasteiger charge is -2.47. The van der Waals surface area contributed by atoms with E-state index >= 15 is 0 Å². The Hall–Kier alpha value is -5.22. The molecule has 1 atom stereocenters. The number of halogens is 47. The van der Waals surface area contributed by atoms with Gasteiger partial charge >= 0.3 is 136 Å². The molecule has 0 saturated carbocycles. The topological polar surface area (TPSA) is 58.5 Å². The number of nitrogens with one attached hydrogen (secondary N) is 1. The maximum atomic E-state index is 14.6. The van der Waals surface area contributed by atoms with E-state index in [2.05, 4.69) is 4.99 Å². The van der Waals surface area contributed by atoms with Gasteiger partial charge in [-0.15, -0.1) is 0 Å². The number of alkyl halides is 47. The van der Waals surface area contributed by atoms with Crippen molar-refractivity contribution < 1.29 is 216 Å². The zero-order valence-electron chi connectivity index (χ0n) is 38.5. The highest BCUT2D eigenvalue weighted by molar-refractivity contribution is 5.95. The molecular weight excluding hydrogens is 1370 g/mol. The van der Waals surface area contributed by atoms with E-state index in [9.17, 15) is 216 Å². The molecule has 0 aliphatic rings. The smallest absolute Gasteiger partial charge is 0.349 e. The van der Waals surface area contributed by atoms with Crippen LogP contribution in [0.1, 0.15) is 29.3 Å². The van der Waals surface area contributed by atoms with Crippen LogP contribution in [0.5, 0.6) is 0 Å². The van der Waals surface area contributed by atoms with Crippen molar-refractivity contribution in [1.29, 1.82) is 0 Å². The van der Waals surface area contributed by atoms with Crippen molar-refractivity contribution in [2.45, 2.75) is 163 Å². The number of aliphatic imine (C=N–C) groups is 1. The van der Waals surface area contributed by atoms with Crippen molar-refractivity contribution in [3.05, 3.63) is 29.3 Å². The third-order valence-corrected chi connectivity index (χ3v) is 11.1. The monoisotopic (exact) mass is 1390 g/mol. The van der Waals surface area contributed by atoms with Gasteiger partial charge in [0.2, 0.25) is 6.08 Å². The summed E-state index contributed by atoms with van der Waals surface area (Å²) in [5.74, 6) is -226. The second kappa shape index (κ2) is 20.7. The molecule has 0 fully saturated rings. The first-order valence-electron chi connectivity index (χ1n) is 19.6. The predicted octanol–water partition coefficient (Wildman–Crippen LogP) is 17.0. The number of amides is 1. The zero-order valence-corrected chi connectivity index (χ0v) is 38.5. The summed E-state index contributed by atoms with van der Waals surface area (Å²) in [6, 6.07) is -1.07. The van der Waals surface area contributed by atoms with E-state index in [1.165, 1.54) is 0 Å². The molecule has 0 aromatic heterocycles. The summed E-state index contributed by atoms with van der Waals surface area (Å²) < 4.78 is 659. The summed E-state index contributed by atoms with van der Waals surface area (Å²) in [6.07, 6.45) is -11.3. The van der Waals surface area contributed by atoms with Gasteiger partial charge in [0.1, 0.15) is 0 Å². The Morgan fingerprint density at radius 1 is 0.349 bits per heavy atom. The van der Waals surface area contributed by atoms with Gasteiger partial charge in [-0.1, -0.05) is 0 Å². The van der Waals surface area contributed by atoms with Gasteiger partial charge in [-0.05, 0) is 37.6 Å². The molecule has 0 aliphatic heterocycles. The fraction of sp³-hybridized carbons (Fsp3) is 0.771. The van der Waals surface area contributed by atoms with Crippen molar-refractivity contribution in [1.82, 2.24) is 5.32 Å². The number of isocyanates is 1. The Bertz CT molecular complexity index is 2710. The molecule has 0 spiro atoms. The minimum Gasteiger partial charge on any atom is -0.349 e. The van der Waals surface area contributed by atoms with Crippen LogP contribution in [0, 0.1) is 6.92 Å². The molecule has 0 heterocycles. The molecule has 504 valence electrons. The van der Waals surface area contributed by atoms with Gasteiger partial charge in [0.15, 0.2) is 0 Å². The molecule has 0 bridgehead atoms.